The van der Waals surface area contributed by atoms with Crippen molar-refractivity contribution in [2.24, 2.45) is 0 Å². The van der Waals surface area contributed by atoms with Gasteiger partial charge in [0.05, 0.1) is 13.1 Å². The maximum Gasteiger partial charge on any atom is 0.243 e. The SMILES string of the molecule is CN1CCN(C(=O)CN2C(=O)CNCC2=O)CC1. The molecule has 2 aliphatic rings. The number of hydrogen-bond acceptors (Lipinski definition) is 5. The molecule has 2 heterocycles. The minimum absolute atomic E-state index is 0.122. The van der Waals surface area contributed by atoms with E-state index < -0.39 is 0 Å². The normalized spacial score (nSPS) is 22.5. The molecule has 0 spiro atoms. The Morgan fingerprint density at radius 3 is 2.22 bits per heavy atom. The van der Waals surface area contributed by atoms with E-state index in [2.05, 4.69) is 10.2 Å². The van der Waals surface area contributed by atoms with Gasteiger partial charge in [0.2, 0.25) is 17.7 Å². The predicted molar refractivity (Wildman–Crippen MR) is 63.7 cm³/mol. The monoisotopic (exact) mass is 254 g/mol. The number of carbonyl (C=O) groups is 3. The third kappa shape index (κ3) is 2.85. The first kappa shape index (κ1) is 13.0. The van der Waals surface area contributed by atoms with Crippen molar-refractivity contribution in [1.29, 1.82) is 0 Å². The Labute approximate surface area is 106 Å². The first-order chi connectivity index (χ1) is 8.58. The lowest BCUT2D eigenvalue weighted by Gasteiger charge is -2.34. The molecule has 0 aromatic carbocycles. The van der Waals surface area contributed by atoms with Crippen LogP contribution in [0.3, 0.4) is 0 Å². The number of carbonyl (C=O) groups excluding carboxylic acids is 3. The maximum atomic E-state index is 12.0. The number of piperazine rings is 2. The topological polar surface area (TPSA) is 73.0 Å². The van der Waals surface area contributed by atoms with Crippen LogP contribution in [0.1, 0.15) is 0 Å². The minimum Gasteiger partial charge on any atom is -0.339 e. The first-order valence-electron chi connectivity index (χ1n) is 6.08. The molecular weight excluding hydrogens is 236 g/mol. The third-order valence-electron chi connectivity index (χ3n) is 3.30. The molecule has 2 aliphatic heterocycles. The van der Waals surface area contributed by atoms with Gasteiger partial charge in [0, 0.05) is 26.2 Å². The van der Waals surface area contributed by atoms with E-state index in [0.29, 0.717) is 13.1 Å². The fourth-order valence-corrected chi connectivity index (χ4v) is 2.07. The van der Waals surface area contributed by atoms with Crippen molar-refractivity contribution in [2.45, 2.75) is 0 Å². The Bertz CT molecular complexity index is 347. The first-order valence-corrected chi connectivity index (χ1v) is 6.08. The lowest BCUT2D eigenvalue weighted by molar-refractivity contribution is -0.152. The standard InChI is InChI=1S/C11H18N4O3/c1-13-2-4-14(5-3-13)11(18)8-15-9(16)6-12-7-10(15)17/h12H,2-8H2,1H3. The number of amides is 3. The molecule has 0 saturated carbocycles. The summed E-state index contributed by atoms with van der Waals surface area (Å²) in [6.07, 6.45) is 0. The van der Waals surface area contributed by atoms with Gasteiger partial charge in [0.15, 0.2) is 0 Å². The summed E-state index contributed by atoms with van der Waals surface area (Å²) in [6.45, 7) is 3.10. The van der Waals surface area contributed by atoms with E-state index in [-0.39, 0.29) is 37.4 Å². The second kappa shape index (κ2) is 5.45. The van der Waals surface area contributed by atoms with Crippen LogP contribution in [0.5, 0.6) is 0 Å². The summed E-state index contributed by atoms with van der Waals surface area (Å²) >= 11 is 0. The zero-order valence-corrected chi connectivity index (χ0v) is 10.5. The Morgan fingerprint density at radius 1 is 1.11 bits per heavy atom. The average molecular weight is 254 g/mol. The minimum atomic E-state index is -0.325. The molecule has 2 saturated heterocycles. The summed E-state index contributed by atoms with van der Waals surface area (Å²) in [6, 6.07) is 0. The van der Waals surface area contributed by atoms with Gasteiger partial charge in [0.25, 0.3) is 0 Å². The number of imide groups is 1. The number of nitrogens with zero attached hydrogens (tertiary/aromatic N) is 3. The van der Waals surface area contributed by atoms with E-state index in [1.54, 1.807) is 4.90 Å². The molecule has 0 bridgehead atoms. The number of hydrogen-bond donors (Lipinski definition) is 1. The number of nitrogens with one attached hydrogen (secondary N) is 1. The van der Waals surface area contributed by atoms with E-state index in [9.17, 15) is 14.4 Å². The van der Waals surface area contributed by atoms with Crippen molar-refractivity contribution in [1.82, 2.24) is 20.0 Å². The largest absolute Gasteiger partial charge is 0.339 e. The number of likely N-dealkylation sites (N-methyl/N-ethyl adjacent to an activating group) is 1. The molecule has 18 heavy (non-hydrogen) atoms. The Morgan fingerprint density at radius 2 is 1.67 bits per heavy atom. The zero-order chi connectivity index (χ0) is 13.1. The molecule has 0 radical (unpaired) electrons. The summed E-state index contributed by atoms with van der Waals surface area (Å²) in [5, 5.41) is 2.70. The molecule has 3 amide bonds. The highest BCUT2D eigenvalue weighted by Gasteiger charge is 2.29. The van der Waals surface area contributed by atoms with Gasteiger partial charge in [-0.3, -0.25) is 24.6 Å². The van der Waals surface area contributed by atoms with E-state index in [1.165, 1.54) is 0 Å². The lowest BCUT2D eigenvalue weighted by atomic mass is 10.3. The van der Waals surface area contributed by atoms with Crippen LogP contribution in [-0.4, -0.2) is 85.3 Å². The van der Waals surface area contributed by atoms with Gasteiger partial charge in [-0.05, 0) is 7.05 Å². The van der Waals surface area contributed by atoms with Crippen molar-refractivity contribution < 1.29 is 14.4 Å². The van der Waals surface area contributed by atoms with Crippen molar-refractivity contribution in [2.75, 3.05) is 52.9 Å². The van der Waals surface area contributed by atoms with Crippen molar-refractivity contribution >= 4 is 17.7 Å². The van der Waals surface area contributed by atoms with Gasteiger partial charge < -0.3 is 9.80 Å². The predicted octanol–water partition coefficient (Wildman–Crippen LogP) is -2.28. The van der Waals surface area contributed by atoms with Crippen LogP contribution in [-0.2, 0) is 14.4 Å². The Kier molecular flexibility index (Phi) is 3.93. The molecule has 1 N–H and O–H groups in total. The van der Waals surface area contributed by atoms with Gasteiger partial charge in [-0.25, -0.2) is 0 Å². The highest BCUT2D eigenvalue weighted by atomic mass is 16.2. The summed E-state index contributed by atoms with van der Waals surface area (Å²) in [4.78, 5) is 40.0. The van der Waals surface area contributed by atoms with Gasteiger partial charge in [-0.15, -0.1) is 0 Å². The summed E-state index contributed by atoms with van der Waals surface area (Å²) in [5.74, 6) is -0.797. The van der Waals surface area contributed by atoms with Crippen LogP contribution in [0.15, 0.2) is 0 Å². The van der Waals surface area contributed by atoms with Crippen LogP contribution in [0.4, 0.5) is 0 Å². The van der Waals surface area contributed by atoms with Gasteiger partial charge in [-0.2, -0.15) is 0 Å². The van der Waals surface area contributed by atoms with Crippen molar-refractivity contribution in [3.63, 3.8) is 0 Å². The van der Waals surface area contributed by atoms with E-state index in [1.807, 2.05) is 7.05 Å². The summed E-state index contributed by atoms with van der Waals surface area (Å²) < 4.78 is 0. The maximum absolute atomic E-state index is 12.0. The molecule has 7 heteroatoms. The van der Waals surface area contributed by atoms with E-state index in [0.717, 1.165) is 18.0 Å². The van der Waals surface area contributed by atoms with Crippen molar-refractivity contribution in [3.05, 3.63) is 0 Å². The quantitative estimate of drug-likeness (QED) is 0.562. The van der Waals surface area contributed by atoms with Crippen LogP contribution >= 0.6 is 0 Å². The fraction of sp³-hybridized carbons (Fsp3) is 0.727. The molecule has 100 valence electrons. The highest BCUT2D eigenvalue weighted by Crippen LogP contribution is 2.03. The van der Waals surface area contributed by atoms with Crippen molar-refractivity contribution in [3.8, 4) is 0 Å². The van der Waals surface area contributed by atoms with Crippen LogP contribution in [0.25, 0.3) is 0 Å². The second-order valence-electron chi connectivity index (χ2n) is 4.66. The zero-order valence-electron chi connectivity index (χ0n) is 10.5. The van der Waals surface area contributed by atoms with Gasteiger partial charge >= 0.3 is 0 Å². The summed E-state index contributed by atoms with van der Waals surface area (Å²) in [5.41, 5.74) is 0. The molecule has 2 rings (SSSR count). The molecule has 0 aliphatic carbocycles. The van der Waals surface area contributed by atoms with Crippen LogP contribution in [0, 0.1) is 0 Å². The average Bonchev–Trinajstić information content (AvgIpc) is 2.34. The molecule has 0 aromatic heterocycles. The smallest absolute Gasteiger partial charge is 0.243 e. The van der Waals surface area contributed by atoms with E-state index in [4.69, 9.17) is 0 Å². The molecule has 2 fully saturated rings. The second-order valence-corrected chi connectivity index (χ2v) is 4.66. The third-order valence-corrected chi connectivity index (χ3v) is 3.30. The van der Waals surface area contributed by atoms with Crippen LogP contribution in [0.2, 0.25) is 0 Å². The Hall–Kier alpha value is -1.47. The molecule has 7 nitrogen and oxygen atoms in total. The number of rotatable bonds is 2. The fourth-order valence-electron chi connectivity index (χ4n) is 2.07. The van der Waals surface area contributed by atoms with Gasteiger partial charge in [-0.1, -0.05) is 0 Å². The van der Waals surface area contributed by atoms with Crippen LogP contribution < -0.4 is 5.32 Å². The Balaban J connectivity index is 1.90. The highest BCUT2D eigenvalue weighted by molar-refractivity contribution is 6.02. The van der Waals surface area contributed by atoms with E-state index >= 15 is 0 Å². The lowest BCUT2D eigenvalue weighted by Crippen LogP contribution is -2.56. The van der Waals surface area contributed by atoms with Gasteiger partial charge in [0.1, 0.15) is 6.54 Å². The summed E-state index contributed by atoms with van der Waals surface area (Å²) in [7, 11) is 2.01. The molecule has 0 unspecified atom stereocenters. The molecule has 0 aromatic rings. The molecular formula is C11H18N4O3. The molecule has 0 atom stereocenters.